The maximum atomic E-state index is 12.4. The number of allylic oxidation sites excluding steroid dienone is 1. The van der Waals surface area contributed by atoms with Crippen LogP contribution in [-0.4, -0.2) is 49.0 Å². The normalized spacial score (nSPS) is 15.5. The van der Waals surface area contributed by atoms with Gasteiger partial charge in [-0.25, -0.2) is 9.59 Å². The molecule has 3 aromatic rings. The Morgan fingerprint density at radius 2 is 1.34 bits per heavy atom. The van der Waals surface area contributed by atoms with Crippen LogP contribution in [-0.2, 0) is 25.5 Å². The van der Waals surface area contributed by atoms with E-state index in [2.05, 4.69) is 56.5 Å². The molecule has 0 amide bonds. The van der Waals surface area contributed by atoms with E-state index in [9.17, 15) is 18.4 Å². The van der Waals surface area contributed by atoms with Gasteiger partial charge in [-0.15, -0.1) is 0 Å². The Labute approximate surface area is 291 Å². The van der Waals surface area contributed by atoms with Crippen molar-refractivity contribution in [3.8, 4) is 33.8 Å². The van der Waals surface area contributed by atoms with Crippen LogP contribution in [0.25, 0.3) is 22.3 Å². The first-order valence-electron chi connectivity index (χ1n) is 16.7. The Kier molecular flexibility index (Phi) is 14.3. The topological polar surface area (TPSA) is 112 Å². The summed E-state index contributed by atoms with van der Waals surface area (Å²) in [5.41, 5.74) is 6.15. The van der Waals surface area contributed by atoms with Crippen molar-refractivity contribution in [2.24, 2.45) is 5.92 Å². The predicted octanol–water partition coefficient (Wildman–Crippen LogP) is 8.27. The average Bonchev–Trinajstić information content (AvgIpc) is 3.14. The van der Waals surface area contributed by atoms with Crippen LogP contribution in [0.2, 0.25) is 0 Å². The summed E-state index contributed by atoms with van der Waals surface area (Å²) < 4.78 is 46.1. The molecule has 1 aliphatic carbocycles. The van der Waals surface area contributed by atoms with Gasteiger partial charge in [0.1, 0.15) is 0 Å². The van der Waals surface area contributed by atoms with Crippen molar-refractivity contribution in [1.29, 1.82) is 0 Å². The highest BCUT2D eigenvalue weighted by atomic mass is 19.3. The molecule has 1 fully saturated rings. The van der Waals surface area contributed by atoms with Crippen molar-refractivity contribution in [2.75, 3.05) is 26.8 Å². The molecule has 1 saturated carbocycles. The third-order valence-corrected chi connectivity index (χ3v) is 8.94. The number of esters is 2. The molecule has 3 aromatic carbocycles. The summed E-state index contributed by atoms with van der Waals surface area (Å²) in [4.78, 5) is 23.8. The van der Waals surface area contributed by atoms with E-state index < -0.39 is 44.8 Å². The molecule has 8 nitrogen and oxygen atoms in total. The van der Waals surface area contributed by atoms with Crippen LogP contribution in [0.1, 0.15) is 62.5 Å². The first-order valence-corrected chi connectivity index (χ1v) is 16.7. The Morgan fingerprint density at radius 3 is 1.92 bits per heavy atom. The molecule has 0 aliphatic heterocycles. The summed E-state index contributed by atoms with van der Waals surface area (Å²) in [6.07, 6.45) is 5.77. The van der Waals surface area contributed by atoms with Crippen LogP contribution in [0.15, 0.2) is 97.1 Å². The maximum absolute atomic E-state index is 12.4. The molecule has 0 aromatic heterocycles. The average molecular weight is 691 g/mol. The number of hydrogen-bond acceptors (Lipinski definition) is 8. The quantitative estimate of drug-likeness (QED) is 0.0828. The minimum absolute atomic E-state index is 0.123. The van der Waals surface area contributed by atoms with Crippen molar-refractivity contribution in [3.05, 3.63) is 108 Å². The fourth-order valence-electron chi connectivity index (χ4n) is 6.04. The number of aliphatic hydroxyl groups is 2. The number of ether oxygens (including phenoxy) is 4. The predicted molar refractivity (Wildman–Crippen MR) is 187 cm³/mol. The van der Waals surface area contributed by atoms with E-state index in [0.29, 0.717) is 18.3 Å². The fraction of sp³-hybridized carbons (Fsp3) is 0.350. The molecule has 0 spiro atoms. The fourth-order valence-corrected chi connectivity index (χ4v) is 6.04. The Bertz CT molecular complexity index is 1670. The van der Waals surface area contributed by atoms with E-state index in [1.165, 1.54) is 5.56 Å². The molecule has 4 rings (SSSR count). The second-order valence-corrected chi connectivity index (χ2v) is 12.2. The van der Waals surface area contributed by atoms with Crippen molar-refractivity contribution in [3.63, 3.8) is 0 Å². The number of rotatable bonds is 17. The van der Waals surface area contributed by atoms with E-state index in [1.807, 2.05) is 12.1 Å². The number of benzene rings is 3. The summed E-state index contributed by atoms with van der Waals surface area (Å²) >= 11 is 0. The van der Waals surface area contributed by atoms with Crippen LogP contribution in [0.4, 0.5) is 8.78 Å². The van der Waals surface area contributed by atoms with Gasteiger partial charge in [0.2, 0.25) is 13.6 Å². The number of hydrogen-bond donors (Lipinski definition) is 2. The molecule has 0 saturated heterocycles. The highest BCUT2D eigenvalue weighted by molar-refractivity contribution is 5.88. The third-order valence-electron chi connectivity index (χ3n) is 8.94. The number of aryl methyl sites for hydroxylation is 1. The lowest BCUT2D eigenvalue weighted by atomic mass is 9.77. The van der Waals surface area contributed by atoms with Crippen LogP contribution in [0, 0.1) is 5.92 Å². The first-order chi connectivity index (χ1) is 24.1. The molecule has 0 radical (unpaired) electrons. The second-order valence-electron chi connectivity index (χ2n) is 12.2. The van der Waals surface area contributed by atoms with Crippen LogP contribution < -0.4 is 9.47 Å². The van der Waals surface area contributed by atoms with Crippen LogP contribution in [0.3, 0.4) is 0 Å². The molecule has 0 bridgehead atoms. The number of halogens is 2. The Balaban J connectivity index is 1.48. The molecule has 0 atom stereocenters. The van der Waals surface area contributed by atoms with Gasteiger partial charge in [0.05, 0.1) is 24.4 Å². The summed E-state index contributed by atoms with van der Waals surface area (Å²) in [7, 11) is 0. The highest BCUT2D eigenvalue weighted by Crippen LogP contribution is 2.39. The number of carbonyl (C=O) groups excluding carboxylic acids is 2. The minimum atomic E-state index is -1.59. The molecule has 0 heterocycles. The van der Waals surface area contributed by atoms with E-state index in [-0.39, 0.29) is 22.6 Å². The molecular formula is C40H44F2O8. The Morgan fingerprint density at radius 1 is 0.780 bits per heavy atom. The summed E-state index contributed by atoms with van der Waals surface area (Å²) in [6.45, 7) is 6.88. The maximum Gasteiger partial charge on any atom is 0.338 e. The summed E-state index contributed by atoms with van der Waals surface area (Å²) in [5, 5.41) is 18.2. The minimum Gasteiger partial charge on any atom is -0.453 e. The lowest BCUT2D eigenvalue weighted by Crippen LogP contribution is -2.15. The first kappa shape index (κ1) is 38.0. The van der Waals surface area contributed by atoms with Crippen LogP contribution >= 0.6 is 0 Å². The molecule has 50 heavy (non-hydrogen) atoms. The summed E-state index contributed by atoms with van der Waals surface area (Å²) in [6, 6.07) is 20.1. The van der Waals surface area contributed by atoms with Crippen molar-refractivity contribution >= 4 is 11.9 Å². The molecule has 1 aliphatic rings. The van der Waals surface area contributed by atoms with Gasteiger partial charge in [0.25, 0.3) is 6.08 Å². The van der Waals surface area contributed by atoms with E-state index in [4.69, 9.17) is 29.2 Å². The van der Waals surface area contributed by atoms with E-state index in [1.54, 1.807) is 12.1 Å². The van der Waals surface area contributed by atoms with Gasteiger partial charge in [0, 0.05) is 0 Å². The van der Waals surface area contributed by atoms with Gasteiger partial charge in [-0.3, -0.25) is 0 Å². The van der Waals surface area contributed by atoms with Gasteiger partial charge >= 0.3 is 11.9 Å². The molecular weight excluding hydrogens is 646 g/mol. The second kappa shape index (κ2) is 18.8. The zero-order chi connectivity index (χ0) is 36.0. The molecule has 0 unspecified atom stereocenters. The van der Waals surface area contributed by atoms with E-state index >= 15 is 0 Å². The van der Waals surface area contributed by atoms with Gasteiger partial charge in [-0.2, -0.15) is 8.78 Å². The monoisotopic (exact) mass is 690 g/mol. The van der Waals surface area contributed by atoms with Gasteiger partial charge in [0.15, 0.2) is 11.5 Å². The summed E-state index contributed by atoms with van der Waals surface area (Å²) in [5.74, 6) is -0.223. The van der Waals surface area contributed by atoms with Crippen molar-refractivity contribution in [1.82, 2.24) is 0 Å². The number of aliphatic hydroxyl groups excluding tert-OH is 2. The third kappa shape index (κ3) is 10.6. The van der Waals surface area contributed by atoms with E-state index in [0.717, 1.165) is 72.4 Å². The van der Waals surface area contributed by atoms with Gasteiger partial charge in [-0.1, -0.05) is 68.6 Å². The SMILES string of the molecule is C=C(CO)C(=O)OCOc1ccc(-c2ccc(-c3ccc(C4CCC(CCC=C(F)F)CC4)cc3)c(CC)c2)cc1OCOC(=O)C(=C)CO. The molecule has 2 N–H and O–H groups in total. The lowest BCUT2D eigenvalue weighted by Gasteiger charge is -2.28. The highest BCUT2D eigenvalue weighted by Gasteiger charge is 2.22. The van der Waals surface area contributed by atoms with Crippen molar-refractivity contribution < 1.29 is 47.5 Å². The van der Waals surface area contributed by atoms with Gasteiger partial charge in [-0.05, 0) is 108 Å². The van der Waals surface area contributed by atoms with Gasteiger partial charge < -0.3 is 29.2 Å². The van der Waals surface area contributed by atoms with Crippen molar-refractivity contribution in [2.45, 2.75) is 57.8 Å². The zero-order valence-corrected chi connectivity index (χ0v) is 28.3. The zero-order valence-electron chi connectivity index (χ0n) is 28.3. The molecule has 10 heteroatoms. The Hall–Kier alpha value is -4.80. The smallest absolute Gasteiger partial charge is 0.338 e. The standard InChI is InChI=1S/C40H44F2O8/c1-4-29-20-33(16-18-35(29)32-14-12-31(13-15-32)30-10-8-28(9-11-30)6-5-7-38(41)42)34-17-19-36(47-24-49-39(45)26(2)22-43)37(21-34)48-25-50-40(46)27(3)23-44/h7,12-21,28,30,43-44H,2-6,8-11,22-25H2,1H3. The number of carbonyl (C=O) groups is 2. The largest absolute Gasteiger partial charge is 0.453 e. The van der Waals surface area contributed by atoms with Crippen LogP contribution in [0.5, 0.6) is 11.5 Å². The molecule has 266 valence electrons. The lowest BCUT2D eigenvalue weighted by molar-refractivity contribution is -0.147.